The fourth-order valence-corrected chi connectivity index (χ4v) is 8.67. The molecular formula is C15H34O4Si3. The van der Waals surface area contributed by atoms with Crippen LogP contribution < -0.4 is 0 Å². The molecule has 0 bridgehead atoms. The highest BCUT2D eigenvalue weighted by atomic mass is 28.4. The van der Waals surface area contributed by atoms with Crippen LogP contribution in [0.15, 0.2) is 12.2 Å². The van der Waals surface area contributed by atoms with Gasteiger partial charge in [-0.1, -0.05) is 12.6 Å². The van der Waals surface area contributed by atoms with Crippen molar-refractivity contribution < 1.29 is 18.4 Å². The van der Waals surface area contributed by atoms with E-state index in [9.17, 15) is 4.79 Å². The number of hydrogen-bond donors (Lipinski definition) is 0. The van der Waals surface area contributed by atoms with Crippen molar-refractivity contribution in [3.8, 4) is 0 Å². The molecule has 0 aromatic rings. The summed E-state index contributed by atoms with van der Waals surface area (Å²) in [4.78, 5) is 11.4. The van der Waals surface area contributed by atoms with Gasteiger partial charge in [0.15, 0.2) is 16.6 Å². The van der Waals surface area contributed by atoms with E-state index in [0.29, 0.717) is 12.2 Å². The number of ether oxygens (including phenoxy) is 1. The molecule has 0 N–H and O–H groups in total. The van der Waals surface area contributed by atoms with E-state index in [0.717, 1.165) is 24.9 Å². The minimum atomic E-state index is -1.48. The van der Waals surface area contributed by atoms with Gasteiger partial charge in [0.2, 0.25) is 0 Å². The van der Waals surface area contributed by atoms with Crippen molar-refractivity contribution in [1.29, 1.82) is 0 Å². The van der Waals surface area contributed by atoms with Crippen molar-refractivity contribution in [3.05, 3.63) is 12.2 Å². The topological polar surface area (TPSA) is 44.8 Å². The van der Waals surface area contributed by atoms with E-state index in [1.165, 1.54) is 0 Å². The first-order valence-corrected chi connectivity index (χ1v) is 17.3. The number of hydrogen-bond acceptors (Lipinski definition) is 4. The monoisotopic (exact) mass is 362 g/mol. The fourth-order valence-electron chi connectivity index (χ4n) is 1.61. The van der Waals surface area contributed by atoms with E-state index in [1.807, 2.05) is 0 Å². The second-order valence-electron chi connectivity index (χ2n) is 7.77. The molecule has 0 aliphatic rings. The highest BCUT2D eigenvalue weighted by Crippen LogP contribution is 2.10. The van der Waals surface area contributed by atoms with Crippen LogP contribution in [0.25, 0.3) is 0 Å². The van der Waals surface area contributed by atoms with Crippen molar-refractivity contribution in [1.82, 2.24) is 0 Å². The Bertz CT molecular complexity index is 341. The standard InChI is InChI=1S/C15H34O4Si3/c1-14(2)15(16)17-10-9-11-20(12-18-21(3,4)5)13-19-22(6,7)8/h20H,1,9-13H2,2-8H3. The number of carbonyl (C=O) groups excluding carboxylic acids is 1. The number of rotatable bonds is 11. The van der Waals surface area contributed by atoms with E-state index in [1.54, 1.807) is 6.92 Å². The van der Waals surface area contributed by atoms with Gasteiger partial charge in [0.1, 0.15) is 0 Å². The summed E-state index contributed by atoms with van der Waals surface area (Å²) in [5.74, 6) is -0.296. The van der Waals surface area contributed by atoms with Crippen LogP contribution in [0.1, 0.15) is 13.3 Å². The molecule has 0 saturated heterocycles. The molecule has 0 atom stereocenters. The van der Waals surface area contributed by atoms with E-state index >= 15 is 0 Å². The lowest BCUT2D eigenvalue weighted by molar-refractivity contribution is -0.138. The van der Waals surface area contributed by atoms with Gasteiger partial charge in [0.05, 0.1) is 15.4 Å². The molecule has 0 rings (SSSR count). The lowest BCUT2D eigenvalue weighted by Crippen LogP contribution is -2.39. The van der Waals surface area contributed by atoms with Gasteiger partial charge in [-0.2, -0.15) is 0 Å². The van der Waals surface area contributed by atoms with E-state index in [2.05, 4.69) is 45.9 Å². The van der Waals surface area contributed by atoms with Gasteiger partial charge >= 0.3 is 5.97 Å². The zero-order valence-electron chi connectivity index (χ0n) is 15.5. The average Bonchev–Trinajstić information content (AvgIpc) is 2.33. The molecule has 0 spiro atoms. The molecule has 0 aliphatic carbocycles. The molecule has 0 radical (unpaired) electrons. The summed E-state index contributed by atoms with van der Waals surface area (Å²) < 4.78 is 17.3. The molecule has 0 aliphatic heterocycles. The summed E-state index contributed by atoms with van der Waals surface area (Å²) in [6.45, 7) is 19.0. The van der Waals surface area contributed by atoms with Crippen LogP contribution in [0, 0.1) is 0 Å². The maximum atomic E-state index is 11.4. The SMILES string of the molecule is C=C(C)C(=O)OCCC[SiH](CO[Si](C)(C)C)CO[Si](C)(C)C. The molecule has 0 amide bonds. The Kier molecular flexibility index (Phi) is 9.72. The zero-order chi connectivity index (χ0) is 17.4. The maximum absolute atomic E-state index is 11.4. The molecule has 0 aromatic carbocycles. The molecule has 0 fully saturated rings. The molecule has 0 saturated carbocycles. The van der Waals surface area contributed by atoms with E-state index in [-0.39, 0.29) is 5.97 Å². The molecule has 22 heavy (non-hydrogen) atoms. The molecule has 130 valence electrons. The van der Waals surface area contributed by atoms with Crippen LogP contribution >= 0.6 is 0 Å². The van der Waals surface area contributed by atoms with Crippen molar-refractivity contribution >= 4 is 31.4 Å². The van der Waals surface area contributed by atoms with Crippen LogP contribution in [0.4, 0.5) is 0 Å². The minimum Gasteiger partial charge on any atom is -0.462 e. The van der Waals surface area contributed by atoms with Crippen molar-refractivity contribution in [2.24, 2.45) is 0 Å². The molecular weight excluding hydrogens is 328 g/mol. The lowest BCUT2D eigenvalue weighted by atomic mass is 10.4. The first kappa shape index (κ1) is 21.8. The predicted octanol–water partition coefficient (Wildman–Crippen LogP) is 3.50. The first-order chi connectivity index (χ1) is 9.91. The minimum absolute atomic E-state index is 0.296. The third-order valence-corrected chi connectivity index (χ3v) is 8.08. The average molecular weight is 363 g/mol. The van der Waals surface area contributed by atoms with Crippen LogP contribution in [-0.2, 0) is 18.4 Å². The fraction of sp³-hybridized carbons (Fsp3) is 0.800. The summed E-state index contributed by atoms with van der Waals surface area (Å²) in [7, 11) is -4.07. The third-order valence-electron chi connectivity index (χ3n) is 2.84. The van der Waals surface area contributed by atoms with Gasteiger partial charge in [-0.3, -0.25) is 0 Å². The Labute approximate surface area is 140 Å². The number of carbonyl (C=O) groups is 1. The lowest BCUT2D eigenvalue weighted by Gasteiger charge is -2.25. The van der Waals surface area contributed by atoms with Crippen LogP contribution in [0.5, 0.6) is 0 Å². The van der Waals surface area contributed by atoms with Gasteiger partial charge in [-0.15, -0.1) is 0 Å². The van der Waals surface area contributed by atoms with Gasteiger partial charge in [-0.05, 0) is 52.6 Å². The molecule has 7 heteroatoms. The Morgan fingerprint density at radius 1 is 1.00 bits per heavy atom. The molecule has 0 aromatic heterocycles. The Hall–Kier alpha value is -0.219. The van der Waals surface area contributed by atoms with Gasteiger partial charge in [0, 0.05) is 18.0 Å². The summed E-state index contributed by atoms with van der Waals surface area (Å²) in [6.07, 6.45) is 2.63. The smallest absolute Gasteiger partial charge is 0.333 e. The van der Waals surface area contributed by atoms with E-state index < -0.39 is 25.4 Å². The summed E-state index contributed by atoms with van der Waals surface area (Å²) in [5.41, 5.74) is 0.456. The maximum Gasteiger partial charge on any atom is 0.333 e. The highest BCUT2D eigenvalue weighted by molar-refractivity contribution is 6.72. The van der Waals surface area contributed by atoms with Crippen LogP contribution in [0.3, 0.4) is 0 Å². The highest BCUT2D eigenvalue weighted by Gasteiger charge is 2.22. The first-order valence-electron chi connectivity index (χ1n) is 8.01. The van der Waals surface area contributed by atoms with Gasteiger partial charge in [-0.25, -0.2) is 4.79 Å². The quantitative estimate of drug-likeness (QED) is 0.244. The van der Waals surface area contributed by atoms with Crippen molar-refractivity contribution in [2.75, 3.05) is 19.1 Å². The Morgan fingerprint density at radius 3 is 1.82 bits per heavy atom. The second-order valence-corrected chi connectivity index (χ2v) is 19.8. The van der Waals surface area contributed by atoms with Crippen molar-refractivity contribution in [2.45, 2.75) is 58.7 Å². The summed E-state index contributed by atoms with van der Waals surface area (Å²) in [6, 6.07) is 1.08. The van der Waals surface area contributed by atoms with Crippen LogP contribution in [-0.4, -0.2) is 50.5 Å². The van der Waals surface area contributed by atoms with Gasteiger partial charge in [0.25, 0.3) is 0 Å². The Balaban J connectivity index is 4.22. The normalized spacial score (nSPS) is 12.5. The van der Waals surface area contributed by atoms with Gasteiger partial charge < -0.3 is 13.6 Å². The molecule has 0 unspecified atom stereocenters. The van der Waals surface area contributed by atoms with Crippen molar-refractivity contribution in [3.63, 3.8) is 0 Å². The predicted molar refractivity (Wildman–Crippen MR) is 101 cm³/mol. The largest absolute Gasteiger partial charge is 0.462 e. The Morgan fingerprint density at radius 2 is 1.45 bits per heavy atom. The van der Waals surface area contributed by atoms with E-state index in [4.69, 9.17) is 13.6 Å². The molecule has 0 heterocycles. The molecule has 4 nitrogen and oxygen atoms in total. The zero-order valence-corrected chi connectivity index (χ0v) is 18.6. The summed E-state index contributed by atoms with van der Waals surface area (Å²) in [5, 5.41) is 0. The van der Waals surface area contributed by atoms with Crippen LogP contribution in [0.2, 0.25) is 45.3 Å². The third kappa shape index (κ3) is 13.4. The summed E-state index contributed by atoms with van der Waals surface area (Å²) >= 11 is 0. The second kappa shape index (κ2) is 9.82. The number of esters is 1.